The number of hydrogen-bond acceptors (Lipinski definition) is 0. The Bertz CT molecular complexity index is 1410. The number of hydrogen-bond donors (Lipinski definition) is 0. The molecule has 0 heterocycles. The summed E-state index contributed by atoms with van der Waals surface area (Å²) in [5, 5.41) is 10.7. The van der Waals surface area contributed by atoms with E-state index < -0.39 is 0 Å². The molecule has 6 aromatic carbocycles. The second-order valence-electron chi connectivity index (χ2n) is 7.46. The van der Waals surface area contributed by atoms with E-state index in [4.69, 9.17) is 0 Å². The molecule has 0 nitrogen and oxygen atoms in total. The molecular weight excluding hydrogens is 388 g/mol. The van der Waals surface area contributed by atoms with Gasteiger partial charge >= 0.3 is 176 Å². The van der Waals surface area contributed by atoms with Crippen LogP contribution in [0.15, 0.2) is 109 Å². The quantitative estimate of drug-likeness (QED) is 0.295. The molecule has 6 rings (SSSR count). The first-order chi connectivity index (χ1) is 14.3. The van der Waals surface area contributed by atoms with E-state index in [0.717, 1.165) is 0 Å². The number of rotatable bonds is 2. The van der Waals surface area contributed by atoms with Gasteiger partial charge in [0, 0.05) is 0 Å². The zero-order valence-electron chi connectivity index (χ0n) is 15.8. The molecule has 0 aliphatic carbocycles. The van der Waals surface area contributed by atoms with Crippen LogP contribution in [0.4, 0.5) is 0 Å². The van der Waals surface area contributed by atoms with Gasteiger partial charge in [-0.1, -0.05) is 0 Å². The molecule has 0 unspecified atom stereocenters. The van der Waals surface area contributed by atoms with Gasteiger partial charge in [-0.15, -0.1) is 0 Å². The Morgan fingerprint density at radius 2 is 0.724 bits per heavy atom. The van der Waals surface area contributed by atoms with Crippen molar-refractivity contribution >= 4 is 51.9 Å². The molecule has 0 N–H and O–H groups in total. The van der Waals surface area contributed by atoms with Crippen LogP contribution in [0.3, 0.4) is 0 Å². The summed E-state index contributed by atoms with van der Waals surface area (Å²) in [6, 6.07) is 40.1. The average molecular weight is 406 g/mol. The molecule has 0 spiro atoms. The third-order valence-electron chi connectivity index (χ3n) is 5.63. The van der Waals surface area contributed by atoms with Gasteiger partial charge in [0.15, 0.2) is 0 Å². The Kier molecular flexibility index (Phi) is 3.91. The molecule has 0 aliphatic heterocycles. The molecule has 0 saturated carbocycles. The van der Waals surface area contributed by atoms with Gasteiger partial charge in [-0.25, -0.2) is 0 Å². The summed E-state index contributed by atoms with van der Waals surface area (Å²) >= 11 is 0.240. The maximum absolute atomic E-state index is 2.36. The van der Waals surface area contributed by atoms with E-state index >= 15 is 0 Å². The standard InChI is InChI=1S/2C14H9.Cr/c2*1-2-6-12-10-14-8-4-3-7-13(14)9-11(12)5-1;/h2*1-7,9-10H;. The molecule has 6 aromatic rings. The van der Waals surface area contributed by atoms with Crippen LogP contribution in [-0.2, 0) is 15.2 Å². The van der Waals surface area contributed by atoms with E-state index in [1.165, 1.54) is 51.9 Å². The third kappa shape index (κ3) is 2.92. The Morgan fingerprint density at radius 3 is 1.17 bits per heavy atom. The summed E-state index contributed by atoms with van der Waals surface area (Å²) in [6.07, 6.45) is 0. The van der Waals surface area contributed by atoms with Crippen molar-refractivity contribution in [1.29, 1.82) is 0 Å². The van der Waals surface area contributed by atoms with Gasteiger partial charge in [-0.3, -0.25) is 0 Å². The third-order valence-corrected chi connectivity index (χ3v) is 7.43. The Balaban J connectivity index is 1.55. The first-order valence-corrected chi connectivity index (χ1v) is 11.1. The Hall–Kier alpha value is -3.11. The van der Waals surface area contributed by atoms with Crippen molar-refractivity contribution in [1.82, 2.24) is 0 Å². The van der Waals surface area contributed by atoms with Crippen LogP contribution in [0.2, 0.25) is 0 Å². The Morgan fingerprint density at radius 1 is 0.345 bits per heavy atom. The van der Waals surface area contributed by atoms with Crippen molar-refractivity contribution in [2.75, 3.05) is 0 Å². The molecule has 0 radical (unpaired) electrons. The fourth-order valence-electron chi connectivity index (χ4n) is 4.17. The Labute approximate surface area is 176 Å². The van der Waals surface area contributed by atoms with E-state index in [2.05, 4.69) is 109 Å². The predicted molar refractivity (Wildman–Crippen MR) is 122 cm³/mol. The SMILES string of the molecule is c1ccc2cc3[c]([Cr][c]4cccc5cc6ccccc6cc45)cccc3cc2c1. The van der Waals surface area contributed by atoms with E-state index in [9.17, 15) is 0 Å². The first-order valence-electron chi connectivity index (χ1n) is 9.86. The minimum absolute atomic E-state index is 0.240. The molecule has 0 bridgehead atoms. The van der Waals surface area contributed by atoms with Crippen molar-refractivity contribution < 1.29 is 15.2 Å². The summed E-state index contributed by atoms with van der Waals surface area (Å²) in [5.74, 6) is 0. The van der Waals surface area contributed by atoms with Gasteiger partial charge < -0.3 is 0 Å². The van der Waals surface area contributed by atoms with Crippen molar-refractivity contribution in [2.45, 2.75) is 0 Å². The van der Waals surface area contributed by atoms with Crippen molar-refractivity contribution in [3.05, 3.63) is 109 Å². The van der Waals surface area contributed by atoms with E-state index in [0.29, 0.717) is 0 Å². The van der Waals surface area contributed by atoms with Crippen LogP contribution in [0, 0.1) is 0 Å². The van der Waals surface area contributed by atoms with Gasteiger partial charge in [-0.2, -0.15) is 0 Å². The molecule has 0 aromatic heterocycles. The predicted octanol–water partition coefficient (Wildman–Crippen LogP) is 6.33. The normalized spacial score (nSPS) is 11.6. The second-order valence-corrected chi connectivity index (χ2v) is 9.15. The van der Waals surface area contributed by atoms with Gasteiger partial charge in [-0.05, 0) is 0 Å². The van der Waals surface area contributed by atoms with E-state index in [-0.39, 0.29) is 15.2 Å². The second kappa shape index (κ2) is 6.75. The summed E-state index contributed by atoms with van der Waals surface area (Å²) in [5.41, 5.74) is 0. The topological polar surface area (TPSA) is 0 Å². The van der Waals surface area contributed by atoms with Gasteiger partial charge in [0.2, 0.25) is 0 Å². The summed E-state index contributed by atoms with van der Waals surface area (Å²) in [7, 11) is 0. The summed E-state index contributed by atoms with van der Waals surface area (Å²) < 4.78 is 2.89. The van der Waals surface area contributed by atoms with Crippen LogP contribution < -0.4 is 8.85 Å². The number of benzene rings is 6. The molecule has 0 amide bonds. The molecule has 136 valence electrons. The molecule has 1 heteroatoms. The van der Waals surface area contributed by atoms with Crippen LogP contribution >= 0.6 is 0 Å². The molecule has 29 heavy (non-hydrogen) atoms. The molecular formula is C28H18Cr. The molecule has 0 aliphatic rings. The van der Waals surface area contributed by atoms with Crippen molar-refractivity contribution in [2.24, 2.45) is 0 Å². The zero-order valence-corrected chi connectivity index (χ0v) is 17.1. The number of fused-ring (bicyclic) bond motifs is 4. The first kappa shape index (κ1) is 16.8. The molecule has 0 saturated heterocycles. The van der Waals surface area contributed by atoms with Crippen molar-refractivity contribution in [3.63, 3.8) is 0 Å². The van der Waals surface area contributed by atoms with Crippen LogP contribution in [0.25, 0.3) is 43.1 Å². The van der Waals surface area contributed by atoms with Gasteiger partial charge in [0.05, 0.1) is 0 Å². The van der Waals surface area contributed by atoms with Crippen molar-refractivity contribution in [3.8, 4) is 0 Å². The van der Waals surface area contributed by atoms with Gasteiger partial charge in [0.25, 0.3) is 0 Å². The van der Waals surface area contributed by atoms with Crippen LogP contribution in [0.1, 0.15) is 0 Å². The zero-order chi connectivity index (χ0) is 19.2. The van der Waals surface area contributed by atoms with E-state index in [1.807, 2.05) is 0 Å². The minimum atomic E-state index is 0.240. The van der Waals surface area contributed by atoms with E-state index in [1.54, 1.807) is 0 Å². The monoisotopic (exact) mass is 406 g/mol. The molecule has 0 fully saturated rings. The maximum atomic E-state index is 2.36. The fourth-order valence-corrected chi connectivity index (χ4v) is 5.90. The fraction of sp³-hybridized carbons (Fsp3) is 0. The van der Waals surface area contributed by atoms with Crippen LogP contribution in [-0.4, -0.2) is 0 Å². The molecule has 0 atom stereocenters. The summed E-state index contributed by atoms with van der Waals surface area (Å²) in [4.78, 5) is 0. The van der Waals surface area contributed by atoms with Gasteiger partial charge in [0.1, 0.15) is 0 Å². The summed E-state index contributed by atoms with van der Waals surface area (Å²) in [6.45, 7) is 0. The van der Waals surface area contributed by atoms with Crippen LogP contribution in [0.5, 0.6) is 0 Å². The average Bonchev–Trinajstić information content (AvgIpc) is 2.77.